The van der Waals surface area contributed by atoms with Crippen molar-refractivity contribution in [2.45, 2.75) is 37.6 Å². The van der Waals surface area contributed by atoms with E-state index in [0.29, 0.717) is 29.7 Å². The van der Waals surface area contributed by atoms with Gasteiger partial charge in [-0.1, -0.05) is 0 Å². The Morgan fingerprint density at radius 3 is 2.32 bits per heavy atom. The number of hydrogen-bond donors (Lipinski definition) is 1. The number of sulfone groups is 1. The smallest absolute Gasteiger partial charge is 0.241 e. The quantitative estimate of drug-likeness (QED) is 0.883. The van der Waals surface area contributed by atoms with Crippen molar-refractivity contribution in [3.63, 3.8) is 0 Å². The van der Waals surface area contributed by atoms with Crippen LogP contribution in [0.15, 0.2) is 17.0 Å². The highest BCUT2D eigenvalue weighted by Crippen LogP contribution is 2.26. The number of nitrogens with one attached hydrogen (secondary N) is 1. The molecule has 124 valence electrons. The fraction of sp³-hybridized carbons (Fsp3) is 0.571. The minimum absolute atomic E-state index is 0.131. The lowest BCUT2D eigenvalue weighted by Crippen LogP contribution is -2.43. The molecule has 1 aliphatic heterocycles. The predicted octanol–water partition coefficient (Wildman–Crippen LogP) is 1.17. The van der Waals surface area contributed by atoms with Crippen LogP contribution in [0.1, 0.15) is 24.0 Å². The monoisotopic (exact) mass is 347 g/mol. The minimum atomic E-state index is -3.77. The van der Waals surface area contributed by atoms with Crippen LogP contribution < -0.4 is 9.46 Å². The maximum Gasteiger partial charge on any atom is 0.241 e. The van der Waals surface area contributed by atoms with Gasteiger partial charge in [0.25, 0.3) is 0 Å². The number of ether oxygens (including phenoxy) is 1. The summed E-state index contributed by atoms with van der Waals surface area (Å²) in [6.45, 7) is 3.39. The lowest BCUT2D eigenvalue weighted by atomic mass is 10.1. The van der Waals surface area contributed by atoms with Crippen molar-refractivity contribution in [3.8, 4) is 5.75 Å². The molecule has 0 aliphatic carbocycles. The fourth-order valence-electron chi connectivity index (χ4n) is 2.85. The van der Waals surface area contributed by atoms with E-state index in [9.17, 15) is 16.8 Å². The van der Waals surface area contributed by atoms with Crippen molar-refractivity contribution >= 4 is 19.9 Å². The van der Waals surface area contributed by atoms with Gasteiger partial charge in [0.2, 0.25) is 10.0 Å². The van der Waals surface area contributed by atoms with Crippen molar-refractivity contribution in [2.24, 2.45) is 0 Å². The second-order valence-electron chi connectivity index (χ2n) is 5.67. The summed E-state index contributed by atoms with van der Waals surface area (Å²) in [5, 5.41) is 0. The Kier molecular flexibility index (Phi) is 4.84. The molecule has 1 aliphatic rings. The normalized spacial score (nSPS) is 21.5. The highest BCUT2D eigenvalue weighted by atomic mass is 32.2. The third-order valence-electron chi connectivity index (χ3n) is 3.72. The van der Waals surface area contributed by atoms with E-state index in [1.54, 1.807) is 26.0 Å². The second-order valence-corrected chi connectivity index (χ2v) is 9.54. The van der Waals surface area contributed by atoms with E-state index in [1.165, 1.54) is 7.11 Å². The highest BCUT2D eigenvalue weighted by Gasteiger charge is 2.30. The van der Waals surface area contributed by atoms with Crippen LogP contribution >= 0.6 is 0 Å². The number of benzene rings is 1. The standard InChI is InChI=1S/C14H21NO5S2/c1-10-7-13(20-3)8-11(2)14(10)22(18,19)15-12-5-4-6-21(16,17)9-12/h7-8,12,15H,4-6,9H2,1-3H3/t12-/m0/s1. The first kappa shape index (κ1) is 17.2. The Bertz CT molecular complexity index is 745. The minimum Gasteiger partial charge on any atom is -0.497 e. The summed E-state index contributed by atoms with van der Waals surface area (Å²) >= 11 is 0. The van der Waals surface area contributed by atoms with Crippen molar-refractivity contribution in [2.75, 3.05) is 18.6 Å². The lowest BCUT2D eigenvalue weighted by molar-refractivity contribution is 0.413. The molecule has 0 amide bonds. The van der Waals surface area contributed by atoms with E-state index in [1.807, 2.05) is 0 Å². The molecule has 22 heavy (non-hydrogen) atoms. The van der Waals surface area contributed by atoms with Gasteiger partial charge in [-0.05, 0) is 49.9 Å². The van der Waals surface area contributed by atoms with Crippen molar-refractivity contribution in [1.82, 2.24) is 4.72 Å². The summed E-state index contributed by atoms with van der Waals surface area (Å²) in [6.07, 6.45) is 1.02. The molecule has 0 aromatic heterocycles. The van der Waals surface area contributed by atoms with E-state index in [4.69, 9.17) is 4.74 Å². The van der Waals surface area contributed by atoms with Crippen LogP contribution in [-0.2, 0) is 19.9 Å². The molecule has 1 heterocycles. The first-order chi connectivity index (χ1) is 10.1. The Hall–Kier alpha value is -1.12. The molecular formula is C14H21NO5S2. The van der Waals surface area contributed by atoms with Gasteiger partial charge in [0, 0.05) is 6.04 Å². The Morgan fingerprint density at radius 2 is 1.82 bits per heavy atom. The molecule has 0 radical (unpaired) electrons. The van der Waals surface area contributed by atoms with Gasteiger partial charge in [-0.15, -0.1) is 0 Å². The van der Waals surface area contributed by atoms with Gasteiger partial charge >= 0.3 is 0 Å². The molecule has 0 spiro atoms. The topological polar surface area (TPSA) is 89.5 Å². The van der Waals surface area contributed by atoms with Crippen LogP contribution in [0.4, 0.5) is 0 Å². The van der Waals surface area contributed by atoms with Crippen molar-refractivity contribution < 1.29 is 21.6 Å². The van der Waals surface area contributed by atoms with Crippen LogP contribution in [0.2, 0.25) is 0 Å². The van der Waals surface area contributed by atoms with Crippen LogP contribution in [0.5, 0.6) is 5.75 Å². The average Bonchev–Trinajstić information content (AvgIpc) is 2.35. The van der Waals surface area contributed by atoms with Crippen LogP contribution in [0.25, 0.3) is 0 Å². The third kappa shape index (κ3) is 3.80. The largest absolute Gasteiger partial charge is 0.497 e. The maximum atomic E-state index is 12.6. The zero-order valence-electron chi connectivity index (χ0n) is 12.9. The van der Waals surface area contributed by atoms with Gasteiger partial charge < -0.3 is 4.74 Å². The van der Waals surface area contributed by atoms with Crippen molar-refractivity contribution in [3.05, 3.63) is 23.3 Å². The van der Waals surface area contributed by atoms with Gasteiger partial charge in [-0.25, -0.2) is 21.6 Å². The van der Waals surface area contributed by atoms with Crippen LogP contribution in [0.3, 0.4) is 0 Å². The molecule has 6 nitrogen and oxygen atoms in total. The molecule has 0 saturated carbocycles. The zero-order chi connectivity index (χ0) is 16.5. The first-order valence-electron chi connectivity index (χ1n) is 7.02. The number of methoxy groups -OCH3 is 1. The highest BCUT2D eigenvalue weighted by molar-refractivity contribution is 7.91. The van der Waals surface area contributed by atoms with Crippen LogP contribution in [0, 0.1) is 13.8 Å². The van der Waals surface area contributed by atoms with Crippen LogP contribution in [-0.4, -0.2) is 41.5 Å². The summed E-state index contributed by atoms with van der Waals surface area (Å²) in [5.74, 6) is 0.584. The molecule has 0 bridgehead atoms. The SMILES string of the molecule is COc1cc(C)c(S(=O)(=O)N[C@H]2CCCS(=O)(=O)C2)c(C)c1. The second kappa shape index (κ2) is 6.17. The fourth-order valence-corrected chi connectivity index (χ4v) is 6.31. The maximum absolute atomic E-state index is 12.6. The van der Waals surface area contributed by atoms with Gasteiger partial charge in [-0.3, -0.25) is 0 Å². The number of sulfonamides is 1. The summed E-state index contributed by atoms with van der Waals surface area (Å²) in [6, 6.07) is 2.74. The van der Waals surface area contributed by atoms with E-state index in [0.717, 1.165) is 0 Å². The summed E-state index contributed by atoms with van der Waals surface area (Å²) in [5.41, 5.74) is 1.14. The molecule has 1 aromatic carbocycles. The molecule has 1 atom stereocenters. The van der Waals surface area contributed by atoms with Gasteiger partial charge in [0.15, 0.2) is 9.84 Å². The zero-order valence-corrected chi connectivity index (χ0v) is 14.6. The first-order valence-corrected chi connectivity index (χ1v) is 10.3. The van der Waals surface area contributed by atoms with E-state index >= 15 is 0 Å². The van der Waals surface area contributed by atoms with Gasteiger partial charge in [-0.2, -0.15) is 0 Å². The van der Waals surface area contributed by atoms with Gasteiger partial charge in [0.1, 0.15) is 5.75 Å². The molecular weight excluding hydrogens is 326 g/mol. The Morgan fingerprint density at radius 1 is 1.23 bits per heavy atom. The van der Waals surface area contributed by atoms with Gasteiger partial charge in [0.05, 0.1) is 23.5 Å². The molecule has 1 saturated heterocycles. The summed E-state index contributed by atoms with van der Waals surface area (Å²) < 4.78 is 56.2. The Labute approximate surface area is 131 Å². The summed E-state index contributed by atoms with van der Waals surface area (Å²) in [7, 11) is -5.41. The average molecular weight is 347 g/mol. The molecule has 1 aromatic rings. The lowest BCUT2D eigenvalue weighted by Gasteiger charge is -2.24. The Balaban J connectivity index is 2.31. The molecule has 0 unspecified atom stereocenters. The third-order valence-corrected chi connectivity index (χ3v) is 7.37. The molecule has 2 rings (SSSR count). The van der Waals surface area contributed by atoms with E-state index in [2.05, 4.69) is 4.72 Å². The van der Waals surface area contributed by atoms with E-state index < -0.39 is 25.9 Å². The molecule has 1 N–H and O–H groups in total. The number of aryl methyl sites for hydroxylation is 2. The molecule has 8 heteroatoms. The van der Waals surface area contributed by atoms with Crippen molar-refractivity contribution in [1.29, 1.82) is 0 Å². The predicted molar refractivity (Wildman–Crippen MR) is 84.5 cm³/mol. The molecule has 1 fully saturated rings. The number of rotatable bonds is 4. The summed E-state index contributed by atoms with van der Waals surface area (Å²) in [4.78, 5) is 0.191. The van der Waals surface area contributed by atoms with E-state index in [-0.39, 0.29) is 16.4 Å². The number of hydrogen-bond acceptors (Lipinski definition) is 5.